The molecule has 0 unspecified atom stereocenters. The first-order valence-electron chi connectivity index (χ1n) is 8.08. The molecule has 1 aliphatic rings. The van der Waals surface area contributed by atoms with Crippen LogP contribution in [0, 0.1) is 0 Å². The van der Waals surface area contributed by atoms with Gasteiger partial charge >= 0.3 is 5.97 Å². The third kappa shape index (κ3) is 3.32. The molecule has 3 aromatic rings. The van der Waals surface area contributed by atoms with Crippen LogP contribution in [0.3, 0.4) is 0 Å². The van der Waals surface area contributed by atoms with Crippen molar-refractivity contribution in [2.45, 2.75) is 12.8 Å². The molecule has 0 atom stereocenters. The van der Waals surface area contributed by atoms with Crippen LogP contribution in [-0.2, 0) is 10.0 Å². The van der Waals surface area contributed by atoms with Crippen LogP contribution < -0.4 is 10.5 Å². The molecule has 0 fully saturated rings. The molecule has 27 heavy (non-hydrogen) atoms. The first-order valence-corrected chi connectivity index (χ1v) is 10.5. The number of fused-ring (bicyclic) bond motifs is 3. The van der Waals surface area contributed by atoms with Gasteiger partial charge in [0.2, 0.25) is 10.0 Å². The highest BCUT2D eigenvalue weighted by molar-refractivity contribution is 7.93. The average molecular weight is 401 g/mol. The van der Waals surface area contributed by atoms with E-state index in [2.05, 4.69) is 10.3 Å². The number of allylic oxidation sites excluding steroid dienone is 3. The number of thiophene rings is 1. The van der Waals surface area contributed by atoms with Crippen LogP contribution in [0.2, 0.25) is 0 Å². The van der Waals surface area contributed by atoms with Crippen molar-refractivity contribution >= 4 is 54.1 Å². The number of sulfonamides is 1. The maximum Gasteiger partial charge on any atom is 0.335 e. The molecule has 1 aromatic carbocycles. The molecule has 0 aliphatic heterocycles. The number of nitrogens with two attached hydrogens (primary N) is 1. The highest BCUT2D eigenvalue weighted by Gasteiger charge is 2.17. The fraction of sp³-hybridized carbons (Fsp3) is 0.111. The minimum atomic E-state index is -3.77. The number of rotatable bonds is 4. The standard InChI is InChI=1S/C18H15N3O4S2/c19-27(24,25)12-3-1-2-11(9-12)20-17-14-6-7-26-16(14)13-5-4-10(18(22)23)8-15(13)21-17/h3-9H,1-2H2,(H,20,21)(H,22,23)(H2,19,24,25). The molecular weight excluding hydrogens is 386 g/mol. The van der Waals surface area contributed by atoms with E-state index in [9.17, 15) is 18.3 Å². The summed E-state index contributed by atoms with van der Waals surface area (Å²) in [6.07, 6.45) is 4.28. The Hall–Kier alpha value is -2.75. The van der Waals surface area contributed by atoms with Crippen LogP contribution in [-0.4, -0.2) is 24.5 Å². The quantitative estimate of drug-likeness (QED) is 0.616. The van der Waals surface area contributed by atoms with Crippen molar-refractivity contribution in [3.63, 3.8) is 0 Å². The number of carbonyl (C=O) groups is 1. The second kappa shape index (κ2) is 6.45. The molecule has 0 saturated heterocycles. The van der Waals surface area contributed by atoms with E-state index in [-0.39, 0.29) is 10.5 Å². The van der Waals surface area contributed by atoms with Gasteiger partial charge in [-0.3, -0.25) is 0 Å². The van der Waals surface area contributed by atoms with E-state index < -0.39 is 16.0 Å². The monoisotopic (exact) mass is 401 g/mol. The lowest BCUT2D eigenvalue weighted by atomic mass is 10.1. The first kappa shape index (κ1) is 17.7. The smallest absolute Gasteiger partial charge is 0.335 e. The van der Waals surface area contributed by atoms with Gasteiger partial charge in [-0.05, 0) is 42.5 Å². The third-order valence-electron chi connectivity index (χ3n) is 4.33. The van der Waals surface area contributed by atoms with Gasteiger partial charge in [0.15, 0.2) is 0 Å². The van der Waals surface area contributed by atoms with Gasteiger partial charge in [-0.1, -0.05) is 12.1 Å². The number of hydrogen-bond acceptors (Lipinski definition) is 6. The van der Waals surface area contributed by atoms with E-state index in [1.54, 1.807) is 18.2 Å². The van der Waals surface area contributed by atoms with Crippen molar-refractivity contribution in [3.05, 3.63) is 58.0 Å². The van der Waals surface area contributed by atoms with E-state index in [4.69, 9.17) is 5.14 Å². The lowest BCUT2D eigenvalue weighted by Crippen LogP contribution is -2.16. The molecule has 0 bridgehead atoms. The van der Waals surface area contributed by atoms with Crippen LogP contribution in [0.15, 0.2) is 52.4 Å². The fourth-order valence-corrected chi connectivity index (χ4v) is 4.64. The number of anilines is 1. The van der Waals surface area contributed by atoms with Crippen LogP contribution in [0.25, 0.3) is 21.0 Å². The number of primary sulfonamides is 1. The zero-order valence-electron chi connectivity index (χ0n) is 14.0. The first-order chi connectivity index (χ1) is 12.8. The van der Waals surface area contributed by atoms with Crippen LogP contribution in [0.1, 0.15) is 23.2 Å². The predicted octanol–water partition coefficient (Wildman–Crippen LogP) is 3.41. The lowest BCUT2D eigenvalue weighted by Gasteiger charge is -2.16. The summed E-state index contributed by atoms with van der Waals surface area (Å²) in [5.41, 5.74) is 1.41. The fourth-order valence-electron chi connectivity index (χ4n) is 3.05. The topological polar surface area (TPSA) is 122 Å². The third-order valence-corrected chi connectivity index (χ3v) is 6.21. The summed E-state index contributed by atoms with van der Waals surface area (Å²) in [5, 5.41) is 21.4. The summed E-state index contributed by atoms with van der Waals surface area (Å²) in [4.78, 5) is 15.9. The Bertz CT molecular complexity index is 1260. The van der Waals surface area contributed by atoms with Crippen molar-refractivity contribution in [3.8, 4) is 0 Å². The minimum Gasteiger partial charge on any atom is -0.478 e. The van der Waals surface area contributed by atoms with Crippen molar-refractivity contribution in [1.82, 2.24) is 4.98 Å². The molecule has 2 aromatic heterocycles. The second-order valence-corrected chi connectivity index (χ2v) is 8.62. The van der Waals surface area contributed by atoms with Crippen molar-refractivity contribution < 1.29 is 18.3 Å². The van der Waals surface area contributed by atoms with E-state index >= 15 is 0 Å². The summed E-state index contributed by atoms with van der Waals surface area (Å²) in [6, 6.07) is 6.79. The number of hydrogen-bond donors (Lipinski definition) is 3. The molecule has 0 amide bonds. The zero-order valence-corrected chi connectivity index (χ0v) is 15.6. The van der Waals surface area contributed by atoms with Crippen LogP contribution in [0.5, 0.6) is 0 Å². The number of aromatic carboxylic acids is 1. The maximum atomic E-state index is 11.6. The number of pyridine rings is 1. The van der Waals surface area contributed by atoms with Crippen LogP contribution in [0.4, 0.5) is 5.82 Å². The Morgan fingerprint density at radius 3 is 2.81 bits per heavy atom. The van der Waals surface area contributed by atoms with Gasteiger partial charge in [-0.2, -0.15) is 0 Å². The van der Waals surface area contributed by atoms with Gasteiger partial charge in [-0.15, -0.1) is 11.3 Å². The number of nitrogens with zero attached hydrogens (tertiary/aromatic N) is 1. The SMILES string of the molecule is NS(=O)(=O)C1=CCCC(Nc2nc3cc(C(=O)O)ccc3c3sccc23)=C1. The molecule has 7 nitrogen and oxygen atoms in total. The van der Waals surface area contributed by atoms with E-state index in [0.717, 1.165) is 15.5 Å². The second-order valence-electron chi connectivity index (χ2n) is 6.15. The molecule has 138 valence electrons. The highest BCUT2D eigenvalue weighted by atomic mass is 32.2. The van der Waals surface area contributed by atoms with E-state index in [1.807, 2.05) is 11.4 Å². The summed E-state index contributed by atoms with van der Waals surface area (Å²) >= 11 is 1.54. The Labute approximate surface area is 158 Å². The van der Waals surface area contributed by atoms with Gasteiger partial charge in [0, 0.05) is 21.2 Å². The number of nitrogens with one attached hydrogen (secondary N) is 1. The normalized spacial score (nSPS) is 14.9. The molecule has 4 rings (SSSR count). The zero-order chi connectivity index (χ0) is 19.2. The minimum absolute atomic E-state index is 0.0757. The van der Waals surface area contributed by atoms with Crippen LogP contribution >= 0.6 is 11.3 Å². The van der Waals surface area contributed by atoms with Crippen molar-refractivity contribution in [2.75, 3.05) is 5.32 Å². The van der Waals surface area contributed by atoms with E-state index in [0.29, 0.717) is 29.9 Å². The molecular formula is C18H15N3O4S2. The Morgan fingerprint density at radius 1 is 1.26 bits per heavy atom. The molecule has 1 aliphatic carbocycles. The Kier molecular flexibility index (Phi) is 4.22. The summed E-state index contributed by atoms with van der Waals surface area (Å²) in [7, 11) is -3.77. The number of carboxylic acid groups (broad SMARTS) is 1. The van der Waals surface area contributed by atoms with Crippen molar-refractivity contribution in [2.24, 2.45) is 5.14 Å². The van der Waals surface area contributed by atoms with Gasteiger partial charge in [0.05, 0.1) is 16.0 Å². The van der Waals surface area contributed by atoms with Gasteiger partial charge in [-0.25, -0.2) is 23.3 Å². The Morgan fingerprint density at radius 2 is 2.07 bits per heavy atom. The van der Waals surface area contributed by atoms with E-state index in [1.165, 1.54) is 23.5 Å². The number of benzene rings is 1. The summed E-state index contributed by atoms with van der Waals surface area (Å²) in [6.45, 7) is 0. The number of carboxylic acids is 1. The molecule has 0 saturated carbocycles. The predicted molar refractivity (Wildman–Crippen MR) is 106 cm³/mol. The largest absolute Gasteiger partial charge is 0.478 e. The summed E-state index contributed by atoms with van der Waals surface area (Å²) in [5.74, 6) is -0.458. The molecule has 0 radical (unpaired) electrons. The Balaban J connectivity index is 1.83. The molecule has 0 spiro atoms. The molecule has 4 N–H and O–H groups in total. The maximum absolute atomic E-state index is 11.6. The van der Waals surface area contributed by atoms with Gasteiger partial charge < -0.3 is 10.4 Å². The molecule has 9 heteroatoms. The highest BCUT2D eigenvalue weighted by Crippen LogP contribution is 2.35. The van der Waals surface area contributed by atoms with Gasteiger partial charge in [0.25, 0.3) is 0 Å². The van der Waals surface area contributed by atoms with Gasteiger partial charge in [0.1, 0.15) is 5.82 Å². The lowest BCUT2D eigenvalue weighted by molar-refractivity contribution is 0.0697. The van der Waals surface area contributed by atoms with Crippen molar-refractivity contribution in [1.29, 1.82) is 0 Å². The molecule has 2 heterocycles. The summed E-state index contributed by atoms with van der Waals surface area (Å²) < 4.78 is 24.2. The average Bonchev–Trinajstić information content (AvgIpc) is 3.11. The number of aromatic nitrogens is 1.